The second-order valence-electron chi connectivity index (χ2n) is 8.41. The second kappa shape index (κ2) is 7.45. The Balaban J connectivity index is 1.86. The maximum absolute atomic E-state index is 6.02. The van der Waals surface area contributed by atoms with Gasteiger partial charge in [-0.2, -0.15) is 0 Å². The molecule has 2 aromatic heterocycles. The molecule has 28 heavy (non-hydrogen) atoms. The molecule has 2 atom stereocenters. The molecule has 0 aliphatic carbocycles. The van der Waals surface area contributed by atoms with Crippen LogP contribution in [0.15, 0.2) is 36.7 Å². The highest BCUT2D eigenvalue weighted by Gasteiger charge is 2.36. The normalized spacial score (nSPS) is 20.2. The highest BCUT2D eigenvalue weighted by Crippen LogP contribution is 2.41. The van der Waals surface area contributed by atoms with Gasteiger partial charge >= 0.3 is 0 Å². The summed E-state index contributed by atoms with van der Waals surface area (Å²) >= 11 is 1.76. The predicted octanol–water partition coefficient (Wildman–Crippen LogP) is 5.83. The molecule has 5 heteroatoms. The summed E-state index contributed by atoms with van der Waals surface area (Å²) in [5.41, 5.74) is 2.49. The monoisotopic (exact) mass is 395 g/mol. The summed E-state index contributed by atoms with van der Waals surface area (Å²) in [7, 11) is 0. The Hall–Kier alpha value is -1.98. The molecule has 0 spiro atoms. The van der Waals surface area contributed by atoms with Crippen LogP contribution in [0.1, 0.15) is 55.7 Å². The van der Waals surface area contributed by atoms with Gasteiger partial charge in [-0.05, 0) is 58.6 Å². The van der Waals surface area contributed by atoms with E-state index >= 15 is 0 Å². The lowest BCUT2D eigenvalue weighted by molar-refractivity contribution is -0.0597. The Bertz CT molecular complexity index is 967. The standard InChI is InChI=1S/C23H29N3OS/c1-15-17(3)28-22-20(15)21(24-14-25-22)26(16(2)18-9-7-6-8-10-18)19-11-12-27-23(4,5)13-19/h6-10,14,16,19H,11-13H2,1-5H3. The van der Waals surface area contributed by atoms with E-state index in [1.807, 2.05) is 0 Å². The van der Waals surface area contributed by atoms with Crippen molar-refractivity contribution in [2.75, 3.05) is 11.5 Å². The van der Waals surface area contributed by atoms with Crippen molar-refractivity contribution in [2.45, 2.75) is 65.1 Å². The van der Waals surface area contributed by atoms with Gasteiger partial charge in [0.2, 0.25) is 0 Å². The van der Waals surface area contributed by atoms with Crippen molar-refractivity contribution in [2.24, 2.45) is 0 Å². The SMILES string of the molecule is Cc1sc2ncnc(N(C3CCOC(C)(C)C3)C(C)c3ccccc3)c2c1C. The Kier molecular flexibility index (Phi) is 5.15. The number of fused-ring (bicyclic) bond motifs is 1. The van der Waals surface area contributed by atoms with Crippen LogP contribution < -0.4 is 4.90 Å². The lowest BCUT2D eigenvalue weighted by Crippen LogP contribution is -2.47. The first-order valence-corrected chi connectivity index (χ1v) is 10.9. The van der Waals surface area contributed by atoms with Crippen LogP contribution in [-0.4, -0.2) is 28.2 Å². The van der Waals surface area contributed by atoms with Crippen molar-refractivity contribution >= 4 is 27.4 Å². The summed E-state index contributed by atoms with van der Waals surface area (Å²) in [6.07, 6.45) is 3.72. The zero-order valence-corrected chi connectivity index (χ0v) is 18.2. The van der Waals surface area contributed by atoms with Crippen molar-refractivity contribution in [3.8, 4) is 0 Å². The lowest BCUT2D eigenvalue weighted by atomic mass is 9.90. The van der Waals surface area contributed by atoms with E-state index in [4.69, 9.17) is 9.72 Å². The van der Waals surface area contributed by atoms with Crippen LogP contribution in [0.5, 0.6) is 0 Å². The molecule has 0 saturated carbocycles. The summed E-state index contributed by atoms with van der Waals surface area (Å²) in [5.74, 6) is 1.06. The summed E-state index contributed by atoms with van der Waals surface area (Å²) in [4.78, 5) is 14.3. The average Bonchev–Trinajstić information content (AvgIpc) is 2.96. The molecule has 1 aromatic carbocycles. The molecule has 1 aliphatic heterocycles. The molecule has 148 valence electrons. The minimum atomic E-state index is -0.122. The number of anilines is 1. The van der Waals surface area contributed by atoms with E-state index in [0.717, 1.165) is 30.1 Å². The van der Waals surface area contributed by atoms with Crippen LogP contribution in [-0.2, 0) is 4.74 Å². The predicted molar refractivity (Wildman–Crippen MR) is 117 cm³/mol. The minimum Gasteiger partial charge on any atom is -0.375 e. The van der Waals surface area contributed by atoms with Gasteiger partial charge in [0.1, 0.15) is 17.0 Å². The molecule has 3 heterocycles. The zero-order valence-electron chi connectivity index (χ0n) is 17.4. The average molecular weight is 396 g/mol. The van der Waals surface area contributed by atoms with Gasteiger partial charge in [0.05, 0.1) is 17.0 Å². The van der Waals surface area contributed by atoms with Gasteiger partial charge in [0.15, 0.2) is 0 Å². The van der Waals surface area contributed by atoms with Crippen LogP contribution in [0.3, 0.4) is 0 Å². The maximum atomic E-state index is 6.02. The van der Waals surface area contributed by atoms with Crippen molar-refractivity contribution in [1.82, 2.24) is 9.97 Å². The highest BCUT2D eigenvalue weighted by molar-refractivity contribution is 7.18. The molecule has 2 unspecified atom stereocenters. The molecule has 4 rings (SSSR count). The molecule has 1 saturated heterocycles. The number of ether oxygens (including phenoxy) is 1. The summed E-state index contributed by atoms with van der Waals surface area (Å²) in [6.45, 7) is 11.8. The van der Waals surface area contributed by atoms with Crippen molar-refractivity contribution in [3.05, 3.63) is 52.7 Å². The van der Waals surface area contributed by atoms with Crippen LogP contribution >= 0.6 is 11.3 Å². The fourth-order valence-corrected chi connectivity index (χ4v) is 5.35. The third-order valence-corrected chi connectivity index (χ3v) is 7.07. The Morgan fingerprint density at radius 2 is 1.93 bits per heavy atom. The van der Waals surface area contributed by atoms with Crippen molar-refractivity contribution in [1.29, 1.82) is 0 Å². The highest BCUT2D eigenvalue weighted by atomic mass is 32.1. The molecule has 0 radical (unpaired) electrons. The molecular formula is C23H29N3OS. The lowest BCUT2D eigenvalue weighted by Gasteiger charge is -2.44. The van der Waals surface area contributed by atoms with Crippen LogP contribution in [0.2, 0.25) is 0 Å². The van der Waals surface area contributed by atoms with Gasteiger partial charge in [-0.1, -0.05) is 30.3 Å². The smallest absolute Gasteiger partial charge is 0.141 e. The van der Waals surface area contributed by atoms with E-state index in [0.29, 0.717) is 6.04 Å². The molecular weight excluding hydrogens is 366 g/mol. The van der Waals surface area contributed by atoms with E-state index in [2.05, 4.69) is 74.8 Å². The zero-order chi connectivity index (χ0) is 19.9. The largest absolute Gasteiger partial charge is 0.375 e. The Labute approximate surface area is 171 Å². The fraction of sp³-hybridized carbons (Fsp3) is 0.478. The van der Waals surface area contributed by atoms with Gasteiger partial charge in [-0.25, -0.2) is 9.97 Å². The second-order valence-corrected chi connectivity index (χ2v) is 9.61. The van der Waals surface area contributed by atoms with Gasteiger partial charge in [0.25, 0.3) is 0 Å². The number of aryl methyl sites for hydroxylation is 2. The molecule has 0 bridgehead atoms. The number of aromatic nitrogens is 2. The maximum Gasteiger partial charge on any atom is 0.141 e. The van der Waals surface area contributed by atoms with Crippen molar-refractivity contribution < 1.29 is 4.74 Å². The Morgan fingerprint density at radius 1 is 1.18 bits per heavy atom. The molecule has 4 nitrogen and oxygen atoms in total. The minimum absolute atomic E-state index is 0.122. The number of thiophene rings is 1. The number of rotatable bonds is 4. The number of hydrogen-bond acceptors (Lipinski definition) is 5. The molecule has 1 aliphatic rings. The Morgan fingerprint density at radius 3 is 2.64 bits per heavy atom. The van der Waals surface area contributed by atoms with Crippen molar-refractivity contribution in [3.63, 3.8) is 0 Å². The van der Waals surface area contributed by atoms with E-state index in [9.17, 15) is 0 Å². The molecule has 3 aromatic rings. The van der Waals surface area contributed by atoms with Crippen LogP contribution in [0, 0.1) is 13.8 Å². The van der Waals surface area contributed by atoms with E-state index < -0.39 is 0 Å². The van der Waals surface area contributed by atoms with Crippen LogP contribution in [0.4, 0.5) is 5.82 Å². The summed E-state index contributed by atoms with van der Waals surface area (Å²) in [6, 6.07) is 11.3. The third kappa shape index (κ3) is 3.53. The summed E-state index contributed by atoms with van der Waals surface area (Å²) in [5, 5.41) is 1.21. The van der Waals surface area contributed by atoms with Crippen LogP contribution in [0.25, 0.3) is 10.2 Å². The summed E-state index contributed by atoms with van der Waals surface area (Å²) < 4.78 is 6.02. The number of nitrogens with zero attached hydrogens (tertiary/aromatic N) is 3. The fourth-order valence-electron chi connectivity index (χ4n) is 4.36. The van der Waals surface area contributed by atoms with E-state index in [1.165, 1.54) is 21.4 Å². The first-order valence-electron chi connectivity index (χ1n) is 10.1. The molecule has 0 N–H and O–H groups in total. The van der Waals surface area contributed by atoms with Gasteiger partial charge < -0.3 is 9.64 Å². The quantitative estimate of drug-likeness (QED) is 0.557. The number of benzene rings is 1. The molecule has 0 amide bonds. The first kappa shape index (κ1) is 19.3. The topological polar surface area (TPSA) is 38.2 Å². The van der Waals surface area contributed by atoms with E-state index in [-0.39, 0.29) is 11.6 Å². The number of hydrogen-bond donors (Lipinski definition) is 0. The van der Waals surface area contributed by atoms with Gasteiger partial charge in [0, 0.05) is 17.5 Å². The van der Waals surface area contributed by atoms with E-state index in [1.54, 1.807) is 17.7 Å². The van der Waals surface area contributed by atoms with Gasteiger partial charge in [-0.3, -0.25) is 0 Å². The first-order chi connectivity index (χ1) is 13.4. The molecule has 1 fully saturated rings. The van der Waals surface area contributed by atoms with Gasteiger partial charge in [-0.15, -0.1) is 11.3 Å². The third-order valence-electron chi connectivity index (χ3n) is 5.95.